The van der Waals surface area contributed by atoms with Crippen molar-refractivity contribution in [2.45, 2.75) is 25.1 Å². The summed E-state index contributed by atoms with van der Waals surface area (Å²) in [6, 6.07) is 5.50. The lowest BCUT2D eigenvalue weighted by Gasteiger charge is -2.15. The first kappa shape index (κ1) is 15.2. The summed E-state index contributed by atoms with van der Waals surface area (Å²) in [5.74, 6) is -4.82. The normalized spacial score (nSPS) is 20.8. The van der Waals surface area contributed by atoms with Crippen LogP contribution in [0.2, 0.25) is 0 Å². The van der Waals surface area contributed by atoms with Crippen LogP contribution >= 0.6 is 15.9 Å². The molecule has 1 heterocycles. The fourth-order valence-electron chi connectivity index (χ4n) is 2.00. The van der Waals surface area contributed by atoms with Gasteiger partial charge in [-0.3, -0.25) is 0 Å². The van der Waals surface area contributed by atoms with E-state index in [9.17, 15) is 13.6 Å². The predicted octanol–water partition coefficient (Wildman–Crippen LogP) is 2.96. The molecular weight excluding hydrogens is 336 g/mol. The molecule has 7 heteroatoms. The Morgan fingerprint density at radius 3 is 2.90 bits per heavy atom. The molecule has 1 N–H and O–H groups in total. The number of cyclic esters (lactones) is 1. The van der Waals surface area contributed by atoms with E-state index in [-0.39, 0.29) is 6.54 Å². The highest BCUT2D eigenvalue weighted by molar-refractivity contribution is 9.10. The Kier molecular flexibility index (Phi) is 4.59. The van der Waals surface area contributed by atoms with Crippen LogP contribution in [-0.4, -0.2) is 31.7 Å². The van der Waals surface area contributed by atoms with Crippen LogP contribution in [0, 0.1) is 0 Å². The molecule has 1 aliphatic heterocycles. The Hall–Kier alpha value is -1.21. The summed E-state index contributed by atoms with van der Waals surface area (Å²) >= 11 is 3.40. The summed E-state index contributed by atoms with van der Waals surface area (Å²) in [7, 11) is 1.57. The van der Waals surface area contributed by atoms with Crippen molar-refractivity contribution in [2.24, 2.45) is 0 Å². The molecule has 1 saturated heterocycles. The van der Waals surface area contributed by atoms with Gasteiger partial charge >= 0.3 is 11.9 Å². The molecule has 2 rings (SSSR count). The third-order valence-electron chi connectivity index (χ3n) is 2.98. The number of alkyl halides is 2. The molecule has 1 aromatic carbocycles. The number of ether oxygens (including phenoxy) is 2. The van der Waals surface area contributed by atoms with Gasteiger partial charge in [-0.1, -0.05) is 22.0 Å². The fraction of sp³-hybridized carbons (Fsp3) is 0.462. The van der Waals surface area contributed by atoms with Gasteiger partial charge in [-0.25, -0.2) is 4.79 Å². The van der Waals surface area contributed by atoms with Gasteiger partial charge in [0.15, 0.2) is 0 Å². The van der Waals surface area contributed by atoms with Gasteiger partial charge in [-0.05, 0) is 12.1 Å². The highest BCUT2D eigenvalue weighted by Crippen LogP contribution is 2.31. The minimum atomic E-state index is -3.38. The van der Waals surface area contributed by atoms with Crippen molar-refractivity contribution in [2.75, 3.05) is 19.0 Å². The summed E-state index contributed by atoms with van der Waals surface area (Å²) in [6.45, 7) is 0.513. The van der Waals surface area contributed by atoms with Gasteiger partial charge in [0.2, 0.25) is 0 Å². The zero-order valence-corrected chi connectivity index (χ0v) is 12.4. The molecule has 1 aromatic rings. The minimum Gasteiger partial charge on any atom is -0.456 e. The Morgan fingerprint density at radius 1 is 1.55 bits per heavy atom. The Balaban J connectivity index is 2.02. The van der Waals surface area contributed by atoms with Crippen LogP contribution in [0.3, 0.4) is 0 Å². The highest BCUT2D eigenvalue weighted by Gasteiger charge is 2.50. The lowest BCUT2D eigenvalue weighted by atomic mass is 10.1. The van der Waals surface area contributed by atoms with Gasteiger partial charge in [0.25, 0.3) is 0 Å². The molecule has 20 heavy (non-hydrogen) atoms. The molecular formula is C13H14BrF2NO3. The zero-order valence-electron chi connectivity index (χ0n) is 10.8. The van der Waals surface area contributed by atoms with E-state index in [0.29, 0.717) is 6.61 Å². The number of carbonyl (C=O) groups is 1. The van der Waals surface area contributed by atoms with E-state index < -0.39 is 24.4 Å². The molecule has 0 bridgehead atoms. The average Bonchev–Trinajstić information content (AvgIpc) is 2.64. The largest absolute Gasteiger partial charge is 0.456 e. The third-order valence-corrected chi connectivity index (χ3v) is 3.73. The van der Waals surface area contributed by atoms with Crippen molar-refractivity contribution < 1.29 is 23.0 Å². The molecule has 0 amide bonds. The molecule has 0 spiro atoms. The van der Waals surface area contributed by atoms with Crippen LogP contribution < -0.4 is 5.32 Å². The fourth-order valence-corrected chi connectivity index (χ4v) is 2.48. The standard InChI is InChI=1S/C13H14BrF2NO3/c1-19-7-9-10(14)3-2-4-11(9)17-6-8-5-13(15,16)12(18)20-8/h2-4,8,17H,5-7H2,1H3. The van der Waals surface area contributed by atoms with Crippen LogP contribution in [0.5, 0.6) is 0 Å². The number of halogens is 3. The van der Waals surface area contributed by atoms with Gasteiger partial charge in [-0.15, -0.1) is 0 Å². The van der Waals surface area contributed by atoms with Crippen molar-refractivity contribution in [3.8, 4) is 0 Å². The Morgan fingerprint density at radius 2 is 2.30 bits per heavy atom. The SMILES string of the molecule is COCc1c(Br)cccc1NCC1CC(F)(F)C(=O)O1. The summed E-state index contributed by atoms with van der Waals surface area (Å²) < 4.78 is 36.7. The topological polar surface area (TPSA) is 47.6 Å². The van der Waals surface area contributed by atoms with Crippen molar-refractivity contribution >= 4 is 27.6 Å². The second kappa shape index (κ2) is 6.05. The van der Waals surface area contributed by atoms with Crippen LogP contribution in [-0.2, 0) is 20.9 Å². The van der Waals surface area contributed by atoms with E-state index in [0.717, 1.165) is 15.7 Å². The van der Waals surface area contributed by atoms with Crippen molar-refractivity contribution in [1.82, 2.24) is 0 Å². The van der Waals surface area contributed by atoms with Crippen molar-refractivity contribution in [3.05, 3.63) is 28.2 Å². The van der Waals surface area contributed by atoms with Gasteiger partial charge in [0.1, 0.15) is 6.10 Å². The summed E-state index contributed by atoms with van der Waals surface area (Å²) in [4.78, 5) is 10.9. The van der Waals surface area contributed by atoms with Gasteiger partial charge in [0.05, 0.1) is 19.6 Å². The van der Waals surface area contributed by atoms with E-state index in [4.69, 9.17) is 4.74 Å². The second-order valence-corrected chi connectivity index (χ2v) is 5.37. The molecule has 4 nitrogen and oxygen atoms in total. The number of hydrogen-bond acceptors (Lipinski definition) is 4. The molecule has 0 aromatic heterocycles. The minimum absolute atomic E-state index is 0.133. The van der Waals surface area contributed by atoms with E-state index in [1.54, 1.807) is 7.11 Å². The monoisotopic (exact) mass is 349 g/mol. The van der Waals surface area contributed by atoms with E-state index in [1.807, 2.05) is 18.2 Å². The Bertz CT molecular complexity index is 510. The molecule has 0 radical (unpaired) electrons. The van der Waals surface area contributed by atoms with Gasteiger partial charge < -0.3 is 14.8 Å². The van der Waals surface area contributed by atoms with Crippen LogP contribution in [0.1, 0.15) is 12.0 Å². The third kappa shape index (κ3) is 3.27. The first-order chi connectivity index (χ1) is 9.44. The quantitative estimate of drug-likeness (QED) is 0.830. The number of hydrogen-bond donors (Lipinski definition) is 1. The molecule has 1 fully saturated rings. The predicted molar refractivity (Wildman–Crippen MR) is 72.8 cm³/mol. The second-order valence-electron chi connectivity index (χ2n) is 4.52. The van der Waals surface area contributed by atoms with Crippen molar-refractivity contribution in [3.63, 3.8) is 0 Å². The van der Waals surface area contributed by atoms with E-state index >= 15 is 0 Å². The van der Waals surface area contributed by atoms with Crippen LogP contribution in [0.15, 0.2) is 22.7 Å². The maximum absolute atomic E-state index is 13.0. The first-order valence-corrected chi connectivity index (χ1v) is 6.82. The summed E-state index contributed by atoms with van der Waals surface area (Å²) in [5, 5.41) is 3.02. The zero-order chi connectivity index (χ0) is 14.8. The molecule has 1 unspecified atom stereocenters. The van der Waals surface area contributed by atoms with E-state index in [2.05, 4.69) is 26.0 Å². The number of rotatable bonds is 5. The molecule has 0 saturated carbocycles. The van der Waals surface area contributed by atoms with Crippen LogP contribution in [0.25, 0.3) is 0 Å². The molecule has 1 aliphatic rings. The maximum atomic E-state index is 13.0. The molecule has 0 aliphatic carbocycles. The lowest BCUT2D eigenvalue weighted by molar-refractivity contribution is -0.158. The Labute approximate surface area is 123 Å². The number of esters is 1. The number of carbonyl (C=O) groups excluding carboxylic acids is 1. The highest BCUT2D eigenvalue weighted by atomic mass is 79.9. The van der Waals surface area contributed by atoms with Gasteiger partial charge in [-0.2, -0.15) is 8.78 Å². The number of nitrogens with one attached hydrogen (secondary N) is 1. The number of methoxy groups -OCH3 is 1. The first-order valence-electron chi connectivity index (χ1n) is 6.03. The maximum Gasteiger partial charge on any atom is 0.377 e. The van der Waals surface area contributed by atoms with Crippen LogP contribution in [0.4, 0.5) is 14.5 Å². The molecule has 110 valence electrons. The molecule has 1 atom stereocenters. The van der Waals surface area contributed by atoms with Crippen molar-refractivity contribution in [1.29, 1.82) is 0 Å². The van der Waals surface area contributed by atoms with Gasteiger partial charge in [0, 0.05) is 22.8 Å². The summed E-state index contributed by atoms with van der Waals surface area (Å²) in [6.07, 6.45) is -1.42. The van der Waals surface area contributed by atoms with E-state index in [1.165, 1.54) is 0 Å². The number of anilines is 1. The smallest absolute Gasteiger partial charge is 0.377 e. The lowest BCUT2D eigenvalue weighted by Crippen LogP contribution is -2.22. The number of benzene rings is 1. The summed E-state index contributed by atoms with van der Waals surface area (Å²) in [5.41, 5.74) is 1.64. The average molecular weight is 350 g/mol.